The van der Waals surface area contributed by atoms with Gasteiger partial charge in [0.1, 0.15) is 0 Å². The van der Waals surface area contributed by atoms with Crippen molar-refractivity contribution in [3.8, 4) is 11.3 Å². The molecule has 0 radical (unpaired) electrons. The van der Waals surface area contributed by atoms with Gasteiger partial charge in [0.25, 0.3) is 5.22 Å². The van der Waals surface area contributed by atoms with E-state index in [0.29, 0.717) is 22.6 Å². The summed E-state index contributed by atoms with van der Waals surface area (Å²) in [6.07, 6.45) is 1.65. The van der Waals surface area contributed by atoms with Crippen LogP contribution in [-0.4, -0.2) is 16.6 Å². The van der Waals surface area contributed by atoms with Crippen LogP contribution in [0.4, 0.5) is 0 Å². The zero-order valence-electron chi connectivity index (χ0n) is 12.7. The first kappa shape index (κ1) is 16.6. The first-order valence-electron chi connectivity index (χ1n) is 7.36. The number of carbonyl (C=O) groups excluding carboxylic acids is 1. The topological polar surface area (TPSA) is 55.1 Å². The molecule has 122 valence electrons. The molecule has 1 heterocycles. The van der Waals surface area contributed by atoms with E-state index in [0.717, 1.165) is 11.1 Å². The number of benzene rings is 2. The highest BCUT2D eigenvalue weighted by molar-refractivity contribution is 7.99. The van der Waals surface area contributed by atoms with Gasteiger partial charge in [-0.25, -0.2) is 4.98 Å². The Morgan fingerprint density at radius 1 is 1.12 bits per heavy atom. The molecule has 0 saturated heterocycles. The van der Waals surface area contributed by atoms with E-state index in [4.69, 9.17) is 16.0 Å². The second-order valence-corrected chi connectivity index (χ2v) is 6.41. The molecule has 0 aliphatic heterocycles. The second kappa shape index (κ2) is 8.04. The Morgan fingerprint density at radius 3 is 2.62 bits per heavy atom. The molecule has 24 heavy (non-hydrogen) atoms. The molecule has 2 aromatic carbocycles. The highest BCUT2D eigenvalue weighted by atomic mass is 35.5. The molecule has 0 unspecified atom stereocenters. The molecule has 0 bridgehead atoms. The normalized spacial score (nSPS) is 10.5. The smallest absolute Gasteiger partial charge is 0.256 e. The minimum atomic E-state index is -0.0601. The summed E-state index contributed by atoms with van der Waals surface area (Å²) < 4.78 is 5.65. The van der Waals surface area contributed by atoms with E-state index in [1.165, 1.54) is 11.8 Å². The van der Waals surface area contributed by atoms with Crippen LogP contribution in [0.2, 0.25) is 5.02 Å². The fourth-order valence-corrected chi connectivity index (χ4v) is 2.81. The average Bonchev–Trinajstić information content (AvgIpc) is 3.09. The Bertz CT molecular complexity index is 803. The van der Waals surface area contributed by atoms with Gasteiger partial charge < -0.3 is 9.73 Å². The molecule has 0 fully saturated rings. The molecule has 1 amide bonds. The number of aromatic nitrogens is 1. The molecule has 0 aliphatic carbocycles. The van der Waals surface area contributed by atoms with Crippen LogP contribution in [0.1, 0.15) is 5.56 Å². The predicted octanol–water partition coefficient (Wildman–Crippen LogP) is 4.40. The molecule has 3 rings (SSSR count). The number of thioether (sulfide) groups is 1. The molecule has 0 aliphatic rings. The van der Waals surface area contributed by atoms with E-state index in [1.54, 1.807) is 18.3 Å². The van der Waals surface area contributed by atoms with Crippen molar-refractivity contribution in [3.63, 3.8) is 0 Å². The minimum absolute atomic E-state index is 0.0601. The first-order chi connectivity index (χ1) is 11.7. The van der Waals surface area contributed by atoms with Gasteiger partial charge in [0.05, 0.1) is 11.9 Å². The summed E-state index contributed by atoms with van der Waals surface area (Å²) in [6.45, 7) is 0.516. The number of hydrogen-bond acceptors (Lipinski definition) is 4. The summed E-state index contributed by atoms with van der Waals surface area (Å²) in [4.78, 5) is 16.1. The van der Waals surface area contributed by atoms with Crippen LogP contribution in [0.3, 0.4) is 0 Å². The highest BCUT2D eigenvalue weighted by Gasteiger charge is 2.09. The van der Waals surface area contributed by atoms with Crippen molar-refractivity contribution in [2.75, 3.05) is 5.75 Å². The van der Waals surface area contributed by atoms with Crippen molar-refractivity contribution < 1.29 is 9.21 Å². The van der Waals surface area contributed by atoms with Crippen LogP contribution in [0.5, 0.6) is 0 Å². The zero-order valence-corrected chi connectivity index (χ0v) is 14.3. The molecule has 0 spiro atoms. The van der Waals surface area contributed by atoms with Crippen LogP contribution in [-0.2, 0) is 11.3 Å². The Labute approximate surface area is 149 Å². The van der Waals surface area contributed by atoms with Crippen LogP contribution in [0.25, 0.3) is 11.3 Å². The Balaban J connectivity index is 1.50. The third-order valence-corrected chi connectivity index (χ3v) is 4.37. The largest absolute Gasteiger partial charge is 0.431 e. The van der Waals surface area contributed by atoms with E-state index in [9.17, 15) is 4.79 Å². The number of nitrogens with one attached hydrogen (secondary N) is 1. The number of rotatable bonds is 6. The van der Waals surface area contributed by atoms with E-state index in [2.05, 4.69) is 10.3 Å². The average molecular weight is 359 g/mol. The SMILES string of the molecule is O=C(CSc1ncc(-c2ccc(Cl)cc2)o1)NCc1ccccc1. The summed E-state index contributed by atoms with van der Waals surface area (Å²) in [7, 11) is 0. The fourth-order valence-electron chi connectivity index (χ4n) is 2.05. The van der Waals surface area contributed by atoms with Crippen LogP contribution in [0, 0.1) is 0 Å². The van der Waals surface area contributed by atoms with Crippen molar-refractivity contribution in [2.45, 2.75) is 11.8 Å². The number of halogens is 1. The molecule has 0 saturated carbocycles. The molecule has 3 aromatic rings. The fraction of sp³-hybridized carbons (Fsp3) is 0.111. The van der Waals surface area contributed by atoms with Gasteiger partial charge >= 0.3 is 0 Å². The highest BCUT2D eigenvalue weighted by Crippen LogP contribution is 2.26. The van der Waals surface area contributed by atoms with Gasteiger partial charge in [-0.3, -0.25) is 4.79 Å². The monoisotopic (exact) mass is 358 g/mol. The number of oxazole rings is 1. The van der Waals surface area contributed by atoms with Crippen molar-refractivity contribution in [1.29, 1.82) is 0 Å². The second-order valence-electron chi connectivity index (χ2n) is 5.05. The maximum Gasteiger partial charge on any atom is 0.256 e. The Hall–Kier alpha value is -2.24. The molecular weight excluding hydrogens is 344 g/mol. The molecule has 1 N–H and O–H groups in total. The van der Waals surface area contributed by atoms with E-state index >= 15 is 0 Å². The van der Waals surface area contributed by atoms with E-state index in [1.807, 2.05) is 42.5 Å². The number of nitrogens with zero attached hydrogens (tertiary/aromatic N) is 1. The summed E-state index contributed by atoms with van der Waals surface area (Å²) in [6, 6.07) is 17.1. The molecule has 4 nitrogen and oxygen atoms in total. The van der Waals surface area contributed by atoms with Crippen LogP contribution >= 0.6 is 23.4 Å². The maximum absolute atomic E-state index is 11.9. The Morgan fingerprint density at radius 2 is 1.88 bits per heavy atom. The number of carbonyl (C=O) groups is 1. The van der Waals surface area contributed by atoms with Crippen molar-refractivity contribution in [3.05, 3.63) is 71.4 Å². The third-order valence-electron chi connectivity index (χ3n) is 3.27. The van der Waals surface area contributed by atoms with Crippen molar-refractivity contribution in [2.24, 2.45) is 0 Å². The lowest BCUT2D eigenvalue weighted by Crippen LogP contribution is -2.24. The van der Waals surface area contributed by atoms with Crippen molar-refractivity contribution >= 4 is 29.3 Å². The van der Waals surface area contributed by atoms with Crippen molar-refractivity contribution in [1.82, 2.24) is 10.3 Å². The van der Waals surface area contributed by atoms with Gasteiger partial charge in [-0.2, -0.15) is 0 Å². The standard InChI is InChI=1S/C18H15ClN2O2S/c19-15-8-6-14(7-9-15)16-11-21-18(23-16)24-12-17(22)20-10-13-4-2-1-3-5-13/h1-9,11H,10,12H2,(H,20,22). The van der Waals surface area contributed by atoms with Gasteiger partial charge in [-0.15, -0.1) is 0 Å². The third kappa shape index (κ3) is 4.63. The Kier molecular flexibility index (Phi) is 5.56. The summed E-state index contributed by atoms with van der Waals surface area (Å²) in [5.41, 5.74) is 1.96. The quantitative estimate of drug-likeness (QED) is 0.663. The van der Waals surface area contributed by atoms with Crippen LogP contribution in [0.15, 0.2) is 70.4 Å². The molecule has 1 aromatic heterocycles. The lowest BCUT2D eigenvalue weighted by molar-refractivity contribution is -0.118. The van der Waals surface area contributed by atoms with Gasteiger partial charge in [-0.1, -0.05) is 53.7 Å². The van der Waals surface area contributed by atoms with Gasteiger partial charge in [-0.05, 0) is 29.8 Å². The van der Waals surface area contributed by atoms with E-state index < -0.39 is 0 Å². The summed E-state index contributed by atoms with van der Waals surface area (Å²) in [5, 5.41) is 4.01. The lowest BCUT2D eigenvalue weighted by atomic mass is 10.2. The number of amides is 1. The van der Waals surface area contributed by atoms with Gasteiger partial charge in [0.2, 0.25) is 5.91 Å². The number of hydrogen-bond donors (Lipinski definition) is 1. The molecular formula is C18H15ClN2O2S. The minimum Gasteiger partial charge on any atom is -0.431 e. The van der Waals surface area contributed by atoms with Gasteiger partial charge in [0.15, 0.2) is 5.76 Å². The zero-order chi connectivity index (χ0) is 16.8. The van der Waals surface area contributed by atoms with Gasteiger partial charge in [0, 0.05) is 17.1 Å². The summed E-state index contributed by atoms with van der Waals surface area (Å²) in [5.74, 6) is 0.849. The lowest BCUT2D eigenvalue weighted by Gasteiger charge is -2.03. The first-order valence-corrected chi connectivity index (χ1v) is 8.72. The van der Waals surface area contributed by atoms with E-state index in [-0.39, 0.29) is 11.7 Å². The summed E-state index contributed by atoms with van der Waals surface area (Å²) >= 11 is 7.13. The predicted molar refractivity (Wildman–Crippen MR) is 96.0 cm³/mol. The van der Waals surface area contributed by atoms with Crippen LogP contribution < -0.4 is 5.32 Å². The molecule has 0 atom stereocenters. The molecule has 6 heteroatoms. The maximum atomic E-state index is 11.9.